The summed E-state index contributed by atoms with van der Waals surface area (Å²) in [5, 5.41) is 6.45. The Hall–Kier alpha value is -1.20. The highest BCUT2D eigenvalue weighted by Crippen LogP contribution is 2.34. The molecule has 21 heavy (non-hydrogen) atoms. The second-order valence-electron chi connectivity index (χ2n) is 6.46. The highest BCUT2D eigenvalue weighted by atomic mass is 32.1. The first-order valence-corrected chi connectivity index (χ1v) is 8.84. The van der Waals surface area contributed by atoms with E-state index in [-0.39, 0.29) is 0 Å². The lowest BCUT2D eigenvalue weighted by Crippen LogP contribution is -2.28. The third-order valence-electron chi connectivity index (χ3n) is 4.40. The minimum Gasteiger partial charge on any atom is -0.372 e. The quantitative estimate of drug-likeness (QED) is 0.851. The maximum atomic E-state index is 4.76. The molecule has 5 heteroatoms. The number of hydrogen-bond acceptors (Lipinski definition) is 5. The lowest BCUT2D eigenvalue weighted by Gasteiger charge is -2.21. The van der Waals surface area contributed by atoms with Gasteiger partial charge in [-0.25, -0.2) is 9.97 Å². The first kappa shape index (κ1) is 13.5. The van der Waals surface area contributed by atoms with Crippen LogP contribution in [0.4, 0.5) is 5.82 Å². The number of anilines is 1. The normalized spacial score (nSPS) is 18.6. The lowest BCUT2D eigenvalue weighted by atomic mass is 10.3. The van der Waals surface area contributed by atoms with Crippen LogP contribution in [0.5, 0.6) is 0 Å². The third kappa shape index (κ3) is 3.19. The second kappa shape index (κ2) is 5.54. The fourth-order valence-corrected chi connectivity index (χ4v) is 3.68. The van der Waals surface area contributed by atoms with Crippen LogP contribution in [0.3, 0.4) is 0 Å². The van der Waals surface area contributed by atoms with Gasteiger partial charge in [-0.2, -0.15) is 0 Å². The molecule has 2 saturated carbocycles. The molecule has 0 bridgehead atoms. The van der Waals surface area contributed by atoms with Crippen LogP contribution < -0.4 is 5.32 Å². The zero-order valence-electron chi connectivity index (χ0n) is 12.5. The molecule has 4 rings (SSSR count). The van der Waals surface area contributed by atoms with E-state index >= 15 is 0 Å². The Labute approximate surface area is 129 Å². The van der Waals surface area contributed by atoms with Gasteiger partial charge in [-0.3, -0.25) is 4.90 Å². The Morgan fingerprint density at radius 3 is 2.52 bits per heavy atom. The van der Waals surface area contributed by atoms with Crippen LogP contribution in [0.1, 0.15) is 31.5 Å². The topological polar surface area (TPSA) is 41.1 Å². The zero-order valence-corrected chi connectivity index (χ0v) is 13.3. The van der Waals surface area contributed by atoms with Crippen molar-refractivity contribution in [1.29, 1.82) is 0 Å². The minimum atomic E-state index is 0.898. The molecule has 0 aliphatic heterocycles. The van der Waals surface area contributed by atoms with Gasteiger partial charge in [-0.15, -0.1) is 11.3 Å². The van der Waals surface area contributed by atoms with Crippen molar-refractivity contribution in [3.8, 4) is 0 Å². The summed E-state index contributed by atoms with van der Waals surface area (Å²) in [6, 6.07) is 2.10. The Bertz CT molecular complexity index is 616. The number of thiophene rings is 1. The third-order valence-corrected chi connectivity index (χ3v) is 5.21. The molecular formula is C16H22N4S. The molecule has 0 spiro atoms. The van der Waals surface area contributed by atoms with Gasteiger partial charge in [0, 0.05) is 20.1 Å². The highest BCUT2D eigenvalue weighted by molar-refractivity contribution is 7.16. The molecule has 2 aromatic rings. The summed E-state index contributed by atoms with van der Waals surface area (Å²) in [7, 11) is 1.94. The van der Waals surface area contributed by atoms with Crippen LogP contribution in [-0.2, 0) is 6.54 Å². The molecule has 0 radical (unpaired) electrons. The molecule has 0 aromatic carbocycles. The van der Waals surface area contributed by atoms with Crippen LogP contribution in [0.2, 0.25) is 0 Å². The van der Waals surface area contributed by atoms with Gasteiger partial charge in [-0.1, -0.05) is 0 Å². The van der Waals surface area contributed by atoms with E-state index in [0.29, 0.717) is 0 Å². The number of nitrogens with zero attached hydrogens (tertiary/aromatic N) is 3. The predicted octanol–water partition coefficient (Wildman–Crippen LogP) is 3.36. The summed E-state index contributed by atoms with van der Waals surface area (Å²) in [5.74, 6) is 3.79. The Morgan fingerprint density at radius 2 is 1.90 bits per heavy atom. The number of hydrogen-bond donors (Lipinski definition) is 1. The number of aromatic nitrogens is 2. The van der Waals surface area contributed by atoms with Gasteiger partial charge in [0.1, 0.15) is 16.5 Å². The molecule has 1 N–H and O–H groups in total. The van der Waals surface area contributed by atoms with Gasteiger partial charge >= 0.3 is 0 Å². The summed E-state index contributed by atoms with van der Waals surface area (Å²) in [4.78, 5) is 13.2. The van der Waals surface area contributed by atoms with E-state index in [1.54, 1.807) is 11.3 Å². The SMILES string of the molecule is CNc1nc(CN(CC2CC2)CC2CC2)nc2sccc12. The average Bonchev–Trinajstić information content (AvgIpc) is 3.40. The van der Waals surface area contributed by atoms with Crippen LogP contribution in [0.15, 0.2) is 11.4 Å². The van der Waals surface area contributed by atoms with Crippen molar-refractivity contribution in [3.63, 3.8) is 0 Å². The molecule has 0 atom stereocenters. The number of fused-ring (bicyclic) bond motifs is 1. The lowest BCUT2D eigenvalue weighted by molar-refractivity contribution is 0.239. The van der Waals surface area contributed by atoms with Crippen LogP contribution in [0, 0.1) is 11.8 Å². The summed E-state index contributed by atoms with van der Waals surface area (Å²) >= 11 is 1.70. The number of rotatable bonds is 7. The summed E-state index contributed by atoms with van der Waals surface area (Å²) in [6.07, 6.45) is 5.64. The van der Waals surface area contributed by atoms with E-state index in [0.717, 1.165) is 40.2 Å². The van der Waals surface area contributed by atoms with E-state index in [1.807, 2.05) is 7.05 Å². The fourth-order valence-electron chi connectivity index (χ4n) is 2.90. The van der Waals surface area contributed by atoms with Crippen molar-refractivity contribution in [2.24, 2.45) is 11.8 Å². The molecule has 2 aliphatic carbocycles. The second-order valence-corrected chi connectivity index (χ2v) is 7.35. The largest absolute Gasteiger partial charge is 0.372 e. The predicted molar refractivity (Wildman–Crippen MR) is 87.7 cm³/mol. The highest BCUT2D eigenvalue weighted by Gasteiger charge is 2.29. The van der Waals surface area contributed by atoms with Gasteiger partial charge in [0.2, 0.25) is 0 Å². The van der Waals surface area contributed by atoms with Gasteiger partial charge in [0.15, 0.2) is 0 Å². The zero-order chi connectivity index (χ0) is 14.2. The standard InChI is InChI=1S/C16H22N4S/c1-17-15-13-6-7-21-16(13)19-14(18-15)10-20(8-11-2-3-11)9-12-4-5-12/h6-7,11-12H,2-5,8-10H2,1H3,(H,17,18,19). The van der Waals surface area contributed by atoms with Gasteiger partial charge in [0.25, 0.3) is 0 Å². The van der Waals surface area contributed by atoms with Crippen molar-refractivity contribution in [1.82, 2.24) is 14.9 Å². The first-order chi connectivity index (χ1) is 10.3. The molecule has 2 fully saturated rings. The molecule has 0 amide bonds. The van der Waals surface area contributed by atoms with Crippen LogP contribution in [0.25, 0.3) is 10.2 Å². The van der Waals surface area contributed by atoms with Crippen LogP contribution >= 0.6 is 11.3 Å². The van der Waals surface area contributed by atoms with Gasteiger partial charge in [0.05, 0.1) is 11.9 Å². The Morgan fingerprint density at radius 1 is 1.19 bits per heavy atom. The molecule has 0 unspecified atom stereocenters. The average molecular weight is 302 g/mol. The molecule has 2 heterocycles. The maximum Gasteiger partial charge on any atom is 0.146 e. The summed E-state index contributed by atoms with van der Waals surface area (Å²) in [6.45, 7) is 3.37. The first-order valence-electron chi connectivity index (χ1n) is 7.96. The minimum absolute atomic E-state index is 0.898. The van der Waals surface area contributed by atoms with Gasteiger partial charge in [-0.05, 0) is 49.0 Å². The van der Waals surface area contributed by atoms with Crippen molar-refractivity contribution >= 4 is 27.4 Å². The molecule has 2 aromatic heterocycles. The number of nitrogens with one attached hydrogen (secondary N) is 1. The maximum absolute atomic E-state index is 4.76. The van der Waals surface area contributed by atoms with E-state index in [1.165, 1.54) is 38.8 Å². The molecule has 2 aliphatic rings. The summed E-state index contributed by atoms with van der Waals surface area (Å²) < 4.78 is 0. The van der Waals surface area contributed by atoms with Crippen molar-refractivity contribution < 1.29 is 0 Å². The Balaban J connectivity index is 1.55. The fraction of sp³-hybridized carbons (Fsp3) is 0.625. The Kier molecular flexibility index (Phi) is 3.55. The van der Waals surface area contributed by atoms with E-state index in [9.17, 15) is 0 Å². The van der Waals surface area contributed by atoms with Gasteiger partial charge < -0.3 is 5.32 Å². The smallest absolute Gasteiger partial charge is 0.146 e. The van der Waals surface area contributed by atoms with Crippen LogP contribution in [-0.4, -0.2) is 35.0 Å². The molecular weight excluding hydrogens is 280 g/mol. The van der Waals surface area contributed by atoms with Crippen molar-refractivity contribution in [2.45, 2.75) is 32.2 Å². The summed E-state index contributed by atoms with van der Waals surface area (Å²) in [5.41, 5.74) is 0. The van der Waals surface area contributed by atoms with Crippen molar-refractivity contribution in [2.75, 3.05) is 25.5 Å². The molecule has 4 nitrogen and oxygen atoms in total. The van der Waals surface area contributed by atoms with E-state index < -0.39 is 0 Å². The van der Waals surface area contributed by atoms with E-state index in [4.69, 9.17) is 9.97 Å². The molecule has 112 valence electrons. The van der Waals surface area contributed by atoms with Crippen molar-refractivity contribution in [3.05, 3.63) is 17.3 Å². The monoisotopic (exact) mass is 302 g/mol. The van der Waals surface area contributed by atoms with E-state index in [2.05, 4.69) is 21.7 Å². The molecule has 0 saturated heterocycles.